The van der Waals surface area contributed by atoms with Crippen molar-refractivity contribution in [1.29, 1.82) is 0 Å². The first-order valence-corrected chi connectivity index (χ1v) is 15.6. The maximum atomic E-state index is 16.5. The SMILES string of the molecule is CC(C)[C@@H](N)C(=O)NC[C@@H]1O[C@@H](O[C@H]2[C@@H](F)[C@H](O[C@@H]3O[C@H](CN)[C@@H](O)[C@H](O)[C@H]3O)[C@H](N)C[C@H]2NC(=O)[C@@H](O)CCN)[C@@H](O)[C@H](N)[C@H]1O. The van der Waals surface area contributed by atoms with Crippen molar-refractivity contribution in [2.24, 2.45) is 34.6 Å². The number of rotatable bonds is 13. The third-order valence-electron chi connectivity index (χ3n) is 8.78. The van der Waals surface area contributed by atoms with Crippen molar-refractivity contribution in [3.63, 3.8) is 0 Å². The Morgan fingerprint density at radius 3 is 2.09 bits per heavy atom. The fourth-order valence-corrected chi connectivity index (χ4v) is 5.66. The zero-order valence-corrected chi connectivity index (χ0v) is 26.3. The molecule has 17 atom stereocenters. The molecular weight excluding hydrogens is 633 g/mol. The van der Waals surface area contributed by atoms with Gasteiger partial charge in [-0.3, -0.25) is 9.59 Å². The van der Waals surface area contributed by atoms with Crippen molar-refractivity contribution >= 4 is 11.8 Å². The molecule has 2 amide bonds. The second-order valence-corrected chi connectivity index (χ2v) is 12.6. The van der Waals surface area contributed by atoms with Crippen LogP contribution in [0.2, 0.25) is 0 Å². The number of hydrogen-bond donors (Lipinski definition) is 13. The second kappa shape index (κ2) is 17.3. The number of hydrogen-bond acceptors (Lipinski definition) is 17. The molecule has 3 aliphatic rings. The van der Waals surface area contributed by atoms with E-state index in [1.54, 1.807) is 13.8 Å². The molecule has 0 spiro atoms. The van der Waals surface area contributed by atoms with Crippen LogP contribution in [-0.4, -0.2) is 166 Å². The summed E-state index contributed by atoms with van der Waals surface area (Å²) in [6, 6.07) is -4.72. The Balaban J connectivity index is 1.85. The van der Waals surface area contributed by atoms with Crippen LogP contribution in [0, 0.1) is 5.92 Å². The van der Waals surface area contributed by atoms with Gasteiger partial charge >= 0.3 is 0 Å². The van der Waals surface area contributed by atoms with E-state index in [1.165, 1.54) is 0 Å². The molecule has 0 aromatic rings. The molecule has 0 radical (unpaired) electrons. The summed E-state index contributed by atoms with van der Waals surface area (Å²) >= 11 is 0. The first kappa shape index (κ1) is 39.7. The van der Waals surface area contributed by atoms with Crippen LogP contribution >= 0.6 is 0 Å². The fraction of sp³-hybridized carbons (Fsp3) is 0.926. The Morgan fingerprint density at radius 1 is 0.894 bits per heavy atom. The molecular formula is C27H52FN7O12. The van der Waals surface area contributed by atoms with Gasteiger partial charge in [0, 0.05) is 19.1 Å². The summed E-state index contributed by atoms with van der Waals surface area (Å²) in [6.07, 6.45) is -21.7. The van der Waals surface area contributed by atoms with Crippen LogP contribution in [0.3, 0.4) is 0 Å². The topological polar surface area (TPSA) is 347 Å². The summed E-state index contributed by atoms with van der Waals surface area (Å²) in [5.74, 6) is -1.66. The molecule has 1 saturated carbocycles. The summed E-state index contributed by atoms with van der Waals surface area (Å²) in [5.41, 5.74) is 29.2. The van der Waals surface area contributed by atoms with Gasteiger partial charge in [0.25, 0.3) is 0 Å². The van der Waals surface area contributed by atoms with Gasteiger partial charge in [-0.2, -0.15) is 0 Å². The van der Waals surface area contributed by atoms with E-state index in [0.29, 0.717) is 0 Å². The van der Waals surface area contributed by atoms with E-state index in [0.717, 1.165) is 0 Å². The van der Waals surface area contributed by atoms with Crippen molar-refractivity contribution in [2.75, 3.05) is 19.6 Å². The molecule has 18 N–H and O–H groups in total. The van der Waals surface area contributed by atoms with Crippen LogP contribution in [0.4, 0.5) is 4.39 Å². The minimum Gasteiger partial charge on any atom is -0.389 e. The summed E-state index contributed by atoms with van der Waals surface area (Å²) in [5, 5.41) is 67.5. The van der Waals surface area contributed by atoms with Gasteiger partial charge < -0.3 is 88.9 Å². The monoisotopic (exact) mass is 685 g/mol. The van der Waals surface area contributed by atoms with Gasteiger partial charge in [0.15, 0.2) is 18.8 Å². The highest BCUT2D eigenvalue weighted by Crippen LogP contribution is 2.33. The Morgan fingerprint density at radius 2 is 1.49 bits per heavy atom. The van der Waals surface area contributed by atoms with E-state index < -0.39 is 116 Å². The molecule has 0 bridgehead atoms. The Kier molecular flexibility index (Phi) is 14.6. The third kappa shape index (κ3) is 9.29. The van der Waals surface area contributed by atoms with Crippen LogP contribution in [0.25, 0.3) is 0 Å². The standard InChI is InChI=1S/C27H52FN7O12/c1-8(2)15(32)25(43)34-7-13-17(37)16(33)19(39)26(45-13)47-23-10(35-24(42)11(36)3-4-29)5-9(31)22(14(23)28)46-27-21(41)20(40)18(38)12(6-30)44-27/h8-23,26-27,36-41H,3-7,29-33H2,1-2H3,(H,34,43)(H,35,42)/t9-,10-,11+,12-,13+,14+,15-,16-,17+,18-,19+,20+,21-,22-,23-,26+,27+/m1/s1. The molecule has 0 unspecified atom stereocenters. The van der Waals surface area contributed by atoms with E-state index >= 15 is 4.39 Å². The third-order valence-corrected chi connectivity index (χ3v) is 8.78. The number of carbonyl (C=O) groups is 2. The Hall–Kier alpha value is -1.73. The van der Waals surface area contributed by atoms with Crippen LogP contribution in [0.1, 0.15) is 26.7 Å². The van der Waals surface area contributed by atoms with Crippen LogP contribution < -0.4 is 39.3 Å². The zero-order valence-electron chi connectivity index (χ0n) is 26.3. The number of aliphatic hydroxyl groups excluding tert-OH is 6. The van der Waals surface area contributed by atoms with Gasteiger partial charge in [-0.05, 0) is 25.3 Å². The van der Waals surface area contributed by atoms with Crippen molar-refractivity contribution in [2.45, 2.75) is 131 Å². The van der Waals surface area contributed by atoms with Crippen molar-refractivity contribution in [3.05, 3.63) is 0 Å². The number of alkyl halides is 1. The van der Waals surface area contributed by atoms with E-state index in [4.69, 9.17) is 47.6 Å². The predicted molar refractivity (Wildman–Crippen MR) is 159 cm³/mol. The minimum atomic E-state index is -2.26. The van der Waals surface area contributed by atoms with Crippen LogP contribution in [-0.2, 0) is 28.5 Å². The number of amides is 2. The maximum absolute atomic E-state index is 16.5. The largest absolute Gasteiger partial charge is 0.389 e. The summed E-state index contributed by atoms with van der Waals surface area (Å²) in [6.45, 7) is 2.86. The molecule has 2 aliphatic heterocycles. The lowest BCUT2D eigenvalue weighted by atomic mass is 9.84. The molecule has 47 heavy (non-hydrogen) atoms. The molecule has 2 heterocycles. The number of aliphatic hydroxyl groups is 6. The summed E-state index contributed by atoms with van der Waals surface area (Å²) in [7, 11) is 0. The number of carbonyl (C=O) groups excluding carboxylic acids is 2. The average Bonchev–Trinajstić information content (AvgIpc) is 3.03. The first-order chi connectivity index (χ1) is 22.0. The van der Waals surface area contributed by atoms with E-state index in [-0.39, 0.29) is 38.4 Å². The smallest absolute Gasteiger partial charge is 0.249 e. The summed E-state index contributed by atoms with van der Waals surface area (Å²) < 4.78 is 39.3. The van der Waals surface area contributed by atoms with Gasteiger partial charge in [0.2, 0.25) is 11.8 Å². The number of halogens is 1. The lowest BCUT2D eigenvalue weighted by Gasteiger charge is -2.48. The highest BCUT2D eigenvalue weighted by Gasteiger charge is 2.53. The maximum Gasteiger partial charge on any atom is 0.249 e. The van der Waals surface area contributed by atoms with E-state index in [1.807, 2.05) is 0 Å². The first-order valence-electron chi connectivity index (χ1n) is 15.6. The molecule has 0 aromatic heterocycles. The van der Waals surface area contributed by atoms with Crippen LogP contribution in [0.5, 0.6) is 0 Å². The normalized spacial score (nSPS) is 42.5. The summed E-state index contributed by atoms with van der Waals surface area (Å²) in [4.78, 5) is 25.1. The van der Waals surface area contributed by atoms with E-state index in [9.17, 15) is 40.2 Å². The Labute approximate surface area is 271 Å². The molecule has 2 saturated heterocycles. The van der Waals surface area contributed by atoms with Gasteiger partial charge in [-0.15, -0.1) is 0 Å². The zero-order chi connectivity index (χ0) is 35.3. The fourth-order valence-electron chi connectivity index (χ4n) is 5.66. The number of nitrogens with one attached hydrogen (secondary N) is 2. The van der Waals surface area contributed by atoms with Crippen molar-refractivity contribution in [3.8, 4) is 0 Å². The quantitative estimate of drug-likeness (QED) is 0.0856. The van der Waals surface area contributed by atoms with Gasteiger partial charge in [-0.1, -0.05) is 13.8 Å². The molecule has 1 aliphatic carbocycles. The lowest BCUT2D eigenvalue weighted by molar-refractivity contribution is -0.326. The van der Waals surface area contributed by atoms with Crippen LogP contribution in [0.15, 0.2) is 0 Å². The molecule has 3 fully saturated rings. The van der Waals surface area contributed by atoms with Gasteiger partial charge in [-0.25, -0.2) is 4.39 Å². The molecule has 0 aromatic carbocycles. The predicted octanol–water partition coefficient (Wildman–Crippen LogP) is -7.34. The Bertz CT molecular complexity index is 1020. The van der Waals surface area contributed by atoms with E-state index in [2.05, 4.69) is 10.6 Å². The second-order valence-electron chi connectivity index (χ2n) is 12.6. The van der Waals surface area contributed by atoms with Gasteiger partial charge in [0.05, 0.1) is 24.2 Å². The molecule has 274 valence electrons. The average molecular weight is 686 g/mol. The minimum absolute atomic E-state index is 0.0310. The molecule has 3 rings (SSSR count). The number of nitrogens with two attached hydrogens (primary N) is 5. The van der Waals surface area contributed by atoms with Gasteiger partial charge in [0.1, 0.15) is 54.9 Å². The molecule has 19 nitrogen and oxygen atoms in total. The number of ether oxygens (including phenoxy) is 4. The lowest BCUT2D eigenvalue weighted by Crippen LogP contribution is -2.69. The van der Waals surface area contributed by atoms with Crippen molar-refractivity contribution < 1.29 is 63.6 Å². The van der Waals surface area contributed by atoms with Crippen molar-refractivity contribution in [1.82, 2.24) is 10.6 Å². The molecule has 20 heteroatoms. The highest BCUT2D eigenvalue weighted by molar-refractivity contribution is 5.81. The highest BCUT2D eigenvalue weighted by atomic mass is 19.1.